The molecule has 2 fully saturated rings. The molecule has 0 bridgehead atoms. The van der Waals surface area contributed by atoms with Crippen molar-refractivity contribution in [2.24, 2.45) is 0 Å². The van der Waals surface area contributed by atoms with Crippen LogP contribution in [0.4, 0.5) is 0 Å². The minimum absolute atomic E-state index is 0.173. The van der Waals surface area contributed by atoms with Gasteiger partial charge in [-0.25, -0.2) is 0 Å². The lowest BCUT2D eigenvalue weighted by molar-refractivity contribution is -0.136. The van der Waals surface area contributed by atoms with Gasteiger partial charge in [0.15, 0.2) is 6.29 Å². The van der Waals surface area contributed by atoms with Crippen molar-refractivity contribution in [3.8, 4) is 5.75 Å². The monoisotopic (exact) mass is 444 g/mol. The molecule has 1 aromatic carbocycles. The summed E-state index contributed by atoms with van der Waals surface area (Å²) in [4.78, 5) is 51.7. The molecule has 0 aliphatic carbocycles. The highest BCUT2D eigenvalue weighted by Crippen LogP contribution is 2.21. The van der Waals surface area contributed by atoms with E-state index in [9.17, 15) is 19.2 Å². The Bertz CT molecular complexity index is 838. The first-order valence-corrected chi connectivity index (χ1v) is 11.3. The summed E-state index contributed by atoms with van der Waals surface area (Å²) in [7, 11) is 1.50. The Morgan fingerprint density at radius 2 is 2.00 bits per heavy atom. The molecule has 2 N–H and O–H groups in total. The predicted molar refractivity (Wildman–Crippen MR) is 119 cm³/mol. The summed E-state index contributed by atoms with van der Waals surface area (Å²) in [5.74, 6) is -0.789. The number of nitrogens with zero attached hydrogens (tertiary/aromatic N) is 2. The fourth-order valence-corrected chi connectivity index (χ4v) is 4.04. The molecule has 9 heteroatoms. The van der Waals surface area contributed by atoms with Crippen LogP contribution < -0.4 is 15.4 Å². The number of piperazine rings is 1. The maximum atomic E-state index is 13.0. The van der Waals surface area contributed by atoms with Gasteiger partial charge in [-0.3, -0.25) is 24.5 Å². The average Bonchev–Trinajstić information content (AvgIpc) is 2.81. The van der Waals surface area contributed by atoms with Crippen molar-refractivity contribution in [1.29, 1.82) is 0 Å². The fourth-order valence-electron chi connectivity index (χ4n) is 4.04. The summed E-state index contributed by atoms with van der Waals surface area (Å²) in [6.45, 7) is 5.94. The van der Waals surface area contributed by atoms with Gasteiger partial charge in [-0.15, -0.1) is 0 Å². The maximum absolute atomic E-state index is 13.0. The van der Waals surface area contributed by atoms with Crippen molar-refractivity contribution >= 4 is 24.0 Å². The van der Waals surface area contributed by atoms with Crippen LogP contribution in [0, 0.1) is 0 Å². The third-order valence-electron chi connectivity index (χ3n) is 5.98. The largest absolute Gasteiger partial charge is 0.494 e. The fraction of sp³-hybridized carbons (Fsp3) is 0.565. The van der Waals surface area contributed by atoms with Crippen LogP contribution >= 0.6 is 0 Å². The van der Waals surface area contributed by atoms with Crippen LogP contribution in [-0.4, -0.2) is 86.2 Å². The summed E-state index contributed by atoms with van der Waals surface area (Å²) in [6.07, 6.45) is 4.13. The van der Waals surface area contributed by atoms with Gasteiger partial charge in [0.05, 0.1) is 12.2 Å². The molecule has 3 rings (SSSR count). The van der Waals surface area contributed by atoms with Crippen molar-refractivity contribution in [3.05, 3.63) is 29.3 Å². The molecule has 32 heavy (non-hydrogen) atoms. The molecule has 0 radical (unpaired) electrons. The number of likely N-dealkylation sites (N-methyl/N-ethyl adjacent to an activating group) is 1. The van der Waals surface area contributed by atoms with E-state index in [-0.39, 0.29) is 29.9 Å². The number of aldehydes is 1. The van der Waals surface area contributed by atoms with Crippen LogP contribution in [0.5, 0.6) is 5.75 Å². The van der Waals surface area contributed by atoms with Crippen LogP contribution in [0.1, 0.15) is 52.8 Å². The number of benzene rings is 1. The normalized spacial score (nSPS) is 19.3. The Labute approximate surface area is 188 Å². The van der Waals surface area contributed by atoms with E-state index < -0.39 is 17.9 Å². The zero-order valence-corrected chi connectivity index (χ0v) is 18.6. The molecule has 2 aliphatic rings. The van der Waals surface area contributed by atoms with Gasteiger partial charge in [0.1, 0.15) is 11.8 Å². The van der Waals surface area contributed by atoms with Gasteiger partial charge < -0.3 is 19.9 Å². The minimum atomic E-state index is -0.750. The maximum Gasteiger partial charge on any atom is 0.255 e. The molecule has 3 amide bonds. The highest BCUT2D eigenvalue weighted by Gasteiger charge is 2.33. The van der Waals surface area contributed by atoms with Crippen molar-refractivity contribution in [3.63, 3.8) is 0 Å². The molecular formula is C23H32N4O5. The smallest absolute Gasteiger partial charge is 0.255 e. The number of nitrogens with one attached hydrogen (secondary N) is 2. The molecule has 9 nitrogen and oxygen atoms in total. The van der Waals surface area contributed by atoms with Crippen LogP contribution in [0.15, 0.2) is 18.2 Å². The van der Waals surface area contributed by atoms with E-state index in [2.05, 4.69) is 15.5 Å². The van der Waals surface area contributed by atoms with E-state index in [1.807, 2.05) is 0 Å². The molecule has 0 aromatic heterocycles. The third-order valence-corrected chi connectivity index (χ3v) is 5.98. The standard InChI is InChI=1S/C23H32N4O5/c1-26(20-7-8-21(29)25-22(20)30)23(31)19-15-18(6-5-17(19)16-28)32-14-4-2-3-11-27-12-9-24-10-13-27/h5-6,15-16,20,24H,2-4,7-14H2,1H3,(H,25,29,30). The molecule has 0 spiro atoms. The quantitative estimate of drug-likeness (QED) is 0.313. The summed E-state index contributed by atoms with van der Waals surface area (Å²) in [5, 5.41) is 5.60. The molecule has 1 aromatic rings. The number of rotatable bonds is 10. The highest BCUT2D eigenvalue weighted by molar-refractivity contribution is 6.06. The highest BCUT2D eigenvalue weighted by atomic mass is 16.5. The van der Waals surface area contributed by atoms with Crippen LogP contribution in [-0.2, 0) is 9.59 Å². The van der Waals surface area contributed by atoms with E-state index in [0.29, 0.717) is 18.6 Å². The van der Waals surface area contributed by atoms with Gasteiger partial charge in [0, 0.05) is 45.2 Å². The molecule has 2 heterocycles. The number of amides is 3. The van der Waals surface area contributed by atoms with Crippen molar-refractivity contribution in [2.45, 2.75) is 38.1 Å². The second-order valence-electron chi connectivity index (χ2n) is 8.25. The molecule has 174 valence electrons. The average molecular weight is 445 g/mol. The van der Waals surface area contributed by atoms with Gasteiger partial charge in [-0.1, -0.05) is 0 Å². The first-order valence-electron chi connectivity index (χ1n) is 11.3. The van der Waals surface area contributed by atoms with Crippen LogP contribution in [0.2, 0.25) is 0 Å². The number of carbonyl (C=O) groups is 4. The van der Waals surface area contributed by atoms with Gasteiger partial charge in [-0.05, 0) is 50.4 Å². The Kier molecular flexibility index (Phi) is 8.75. The number of hydrogen-bond donors (Lipinski definition) is 2. The molecule has 1 atom stereocenters. The van der Waals surface area contributed by atoms with E-state index in [4.69, 9.17) is 4.74 Å². The van der Waals surface area contributed by atoms with Crippen LogP contribution in [0.25, 0.3) is 0 Å². The second kappa shape index (κ2) is 11.7. The van der Waals surface area contributed by atoms with Gasteiger partial charge in [-0.2, -0.15) is 0 Å². The lowest BCUT2D eigenvalue weighted by Crippen LogP contribution is -2.53. The topological polar surface area (TPSA) is 108 Å². The Hall–Kier alpha value is -2.78. The number of carbonyl (C=O) groups excluding carboxylic acids is 4. The predicted octanol–water partition coefficient (Wildman–Crippen LogP) is 0.831. The Morgan fingerprint density at radius 1 is 1.22 bits per heavy atom. The minimum Gasteiger partial charge on any atom is -0.494 e. The van der Waals surface area contributed by atoms with Gasteiger partial charge in [0.2, 0.25) is 11.8 Å². The number of piperidine rings is 1. The van der Waals surface area contributed by atoms with E-state index in [1.54, 1.807) is 18.2 Å². The molecule has 2 aliphatic heterocycles. The third kappa shape index (κ3) is 6.37. The lowest BCUT2D eigenvalue weighted by atomic mass is 10.0. The summed E-state index contributed by atoms with van der Waals surface area (Å²) in [6, 6.07) is 4.03. The molecule has 0 saturated carbocycles. The SMILES string of the molecule is CN(C(=O)c1cc(OCCCCCN2CCNCC2)ccc1C=O)C1CCC(=O)NC1=O. The summed E-state index contributed by atoms with van der Waals surface area (Å²) < 4.78 is 5.81. The van der Waals surface area contributed by atoms with E-state index >= 15 is 0 Å². The first-order chi connectivity index (χ1) is 15.5. The van der Waals surface area contributed by atoms with Crippen molar-refractivity contribution in [2.75, 3.05) is 46.4 Å². The number of ether oxygens (including phenoxy) is 1. The zero-order valence-electron chi connectivity index (χ0n) is 18.6. The van der Waals surface area contributed by atoms with Gasteiger partial charge in [0.25, 0.3) is 5.91 Å². The van der Waals surface area contributed by atoms with E-state index in [0.717, 1.165) is 52.0 Å². The van der Waals surface area contributed by atoms with Crippen molar-refractivity contribution < 1.29 is 23.9 Å². The molecule has 2 saturated heterocycles. The van der Waals surface area contributed by atoms with Crippen LogP contribution in [0.3, 0.4) is 0 Å². The Balaban J connectivity index is 1.51. The summed E-state index contributed by atoms with van der Waals surface area (Å²) in [5.41, 5.74) is 0.418. The molecular weight excluding hydrogens is 412 g/mol. The number of imide groups is 1. The Morgan fingerprint density at radius 3 is 2.72 bits per heavy atom. The van der Waals surface area contributed by atoms with E-state index in [1.165, 1.54) is 11.9 Å². The van der Waals surface area contributed by atoms with Gasteiger partial charge >= 0.3 is 0 Å². The van der Waals surface area contributed by atoms with Crippen molar-refractivity contribution in [1.82, 2.24) is 20.4 Å². The zero-order chi connectivity index (χ0) is 22.9. The first kappa shape index (κ1) is 23.9. The number of unbranched alkanes of at least 4 members (excludes halogenated alkanes) is 2. The number of hydrogen-bond acceptors (Lipinski definition) is 7. The molecule has 1 unspecified atom stereocenters. The second-order valence-corrected chi connectivity index (χ2v) is 8.25. The lowest BCUT2D eigenvalue weighted by Gasteiger charge is -2.30. The summed E-state index contributed by atoms with van der Waals surface area (Å²) >= 11 is 0.